The van der Waals surface area contributed by atoms with Crippen molar-refractivity contribution in [3.63, 3.8) is 0 Å². The van der Waals surface area contributed by atoms with E-state index in [0.717, 1.165) is 38.9 Å². The summed E-state index contributed by atoms with van der Waals surface area (Å²) in [6, 6.07) is 7.77. The van der Waals surface area contributed by atoms with Crippen LogP contribution in [0, 0.1) is 0 Å². The van der Waals surface area contributed by atoms with Crippen LogP contribution in [0.4, 0.5) is 0 Å². The van der Waals surface area contributed by atoms with Crippen LogP contribution in [0.5, 0.6) is 11.5 Å². The van der Waals surface area contributed by atoms with Gasteiger partial charge in [0.25, 0.3) is 5.91 Å². The molecule has 1 atom stereocenters. The Bertz CT molecular complexity index is 804. The van der Waals surface area contributed by atoms with Crippen LogP contribution in [0.15, 0.2) is 36.7 Å². The molecule has 8 heteroatoms. The molecular formula is C23H34N4O4. The van der Waals surface area contributed by atoms with Crippen LogP contribution in [-0.2, 0) is 11.3 Å². The predicted octanol–water partition coefficient (Wildman–Crippen LogP) is 2.59. The molecular weight excluding hydrogens is 396 g/mol. The van der Waals surface area contributed by atoms with Crippen LogP contribution < -0.4 is 14.8 Å². The van der Waals surface area contributed by atoms with E-state index in [2.05, 4.69) is 22.2 Å². The third-order valence-corrected chi connectivity index (χ3v) is 5.75. The highest BCUT2D eigenvalue weighted by Gasteiger charge is 2.25. The van der Waals surface area contributed by atoms with Gasteiger partial charge in [0.2, 0.25) is 0 Å². The maximum atomic E-state index is 12.6. The number of nitrogens with one attached hydrogen (secondary N) is 1. The van der Waals surface area contributed by atoms with Gasteiger partial charge < -0.3 is 24.4 Å². The first-order valence-corrected chi connectivity index (χ1v) is 10.9. The third-order valence-electron chi connectivity index (χ3n) is 5.75. The Kier molecular flexibility index (Phi) is 8.73. The van der Waals surface area contributed by atoms with Crippen LogP contribution in [0.1, 0.15) is 36.5 Å². The first kappa shape index (κ1) is 23.1. The van der Waals surface area contributed by atoms with Gasteiger partial charge >= 0.3 is 0 Å². The average molecular weight is 431 g/mol. The lowest BCUT2D eigenvalue weighted by atomic mass is 10.0. The molecule has 1 saturated heterocycles. The fourth-order valence-corrected chi connectivity index (χ4v) is 3.82. The maximum absolute atomic E-state index is 12.6. The van der Waals surface area contributed by atoms with E-state index in [-0.39, 0.29) is 12.0 Å². The molecule has 1 N–H and O–H groups in total. The summed E-state index contributed by atoms with van der Waals surface area (Å²) in [6.07, 6.45) is 6.81. The molecule has 1 unspecified atom stereocenters. The number of amides is 1. The number of nitrogens with zero attached hydrogens (tertiary/aromatic N) is 3. The molecule has 31 heavy (non-hydrogen) atoms. The number of likely N-dealkylation sites (tertiary alicyclic amines) is 1. The summed E-state index contributed by atoms with van der Waals surface area (Å²) in [4.78, 5) is 15.1. The second kappa shape index (κ2) is 11.7. The first-order chi connectivity index (χ1) is 15.1. The van der Waals surface area contributed by atoms with Gasteiger partial charge in [-0.15, -0.1) is 0 Å². The standard InChI is InChI=1S/C23H34N4O4/c1-18(7-15-27-12-4-10-25-27)26-13-8-19(9-14-26)31-22-17-20(30-3)5-6-21(22)23(28)24-11-16-29-2/h4-6,10,12,17-19H,7-9,11,13-16H2,1-3H3,(H,24,28). The van der Waals surface area contributed by atoms with Crippen LogP contribution in [0.3, 0.4) is 0 Å². The molecule has 1 aliphatic heterocycles. The molecule has 1 fully saturated rings. The van der Waals surface area contributed by atoms with E-state index in [0.29, 0.717) is 36.3 Å². The number of hydrogen-bond donors (Lipinski definition) is 1. The molecule has 1 amide bonds. The van der Waals surface area contributed by atoms with Crippen molar-refractivity contribution in [1.29, 1.82) is 0 Å². The molecule has 0 radical (unpaired) electrons. The molecule has 0 aliphatic carbocycles. The van der Waals surface area contributed by atoms with E-state index >= 15 is 0 Å². The van der Waals surface area contributed by atoms with Crippen LogP contribution >= 0.6 is 0 Å². The molecule has 2 aromatic rings. The largest absolute Gasteiger partial charge is 0.497 e. The van der Waals surface area contributed by atoms with Gasteiger partial charge in [-0.05, 0) is 44.4 Å². The van der Waals surface area contributed by atoms with E-state index < -0.39 is 0 Å². The van der Waals surface area contributed by atoms with Gasteiger partial charge in [0, 0.05) is 57.8 Å². The molecule has 0 bridgehead atoms. The highest BCUT2D eigenvalue weighted by Crippen LogP contribution is 2.28. The minimum absolute atomic E-state index is 0.0761. The number of carbonyl (C=O) groups is 1. The number of ether oxygens (including phenoxy) is 3. The highest BCUT2D eigenvalue weighted by atomic mass is 16.5. The predicted molar refractivity (Wildman–Crippen MR) is 119 cm³/mol. The Labute approximate surface area is 184 Å². The van der Waals surface area contributed by atoms with Gasteiger partial charge in [0.1, 0.15) is 17.6 Å². The minimum Gasteiger partial charge on any atom is -0.497 e. The zero-order valence-electron chi connectivity index (χ0n) is 18.8. The second-order valence-electron chi connectivity index (χ2n) is 7.87. The van der Waals surface area contributed by atoms with Crippen molar-refractivity contribution in [1.82, 2.24) is 20.0 Å². The summed E-state index contributed by atoms with van der Waals surface area (Å²) in [5, 5.41) is 7.14. The summed E-state index contributed by atoms with van der Waals surface area (Å²) >= 11 is 0. The Morgan fingerprint density at radius 3 is 2.77 bits per heavy atom. The molecule has 2 heterocycles. The summed E-state index contributed by atoms with van der Waals surface area (Å²) < 4.78 is 18.6. The van der Waals surface area contributed by atoms with Crippen molar-refractivity contribution in [2.45, 2.75) is 44.9 Å². The third kappa shape index (κ3) is 6.70. The zero-order valence-corrected chi connectivity index (χ0v) is 18.8. The smallest absolute Gasteiger partial charge is 0.255 e. The molecule has 0 saturated carbocycles. The number of methoxy groups -OCH3 is 2. The van der Waals surface area contributed by atoms with Crippen LogP contribution in [0.25, 0.3) is 0 Å². The summed E-state index contributed by atoms with van der Waals surface area (Å²) in [7, 11) is 3.22. The molecule has 1 aliphatic rings. The SMILES string of the molecule is COCCNC(=O)c1ccc(OC)cc1OC1CCN(C(C)CCn2cccn2)CC1. The number of piperidine rings is 1. The Morgan fingerprint density at radius 1 is 1.29 bits per heavy atom. The zero-order chi connectivity index (χ0) is 22.1. The topological polar surface area (TPSA) is 77.9 Å². The molecule has 1 aromatic heterocycles. The van der Waals surface area contributed by atoms with Gasteiger partial charge in [0.15, 0.2) is 0 Å². The quantitative estimate of drug-likeness (QED) is 0.552. The minimum atomic E-state index is -0.167. The van der Waals surface area contributed by atoms with Gasteiger partial charge in [-0.25, -0.2) is 0 Å². The molecule has 8 nitrogen and oxygen atoms in total. The normalized spacial score (nSPS) is 16.1. The molecule has 0 spiro atoms. The van der Waals surface area contributed by atoms with E-state index in [1.165, 1.54) is 0 Å². The van der Waals surface area contributed by atoms with Crippen molar-refractivity contribution < 1.29 is 19.0 Å². The number of aryl methyl sites for hydroxylation is 1. The van der Waals surface area contributed by atoms with E-state index in [1.807, 2.05) is 23.1 Å². The highest BCUT2D eigenvalue weighted by molar-refractivity contribution is 5.97. The van der Waals surface area contributed by atoms with Gasteiger partial charge in [-0.3, -0.25) is 9.48 Å². The lowest BCUT2D eigenvalue weighted by molar-refractivity contribution is 0.0740. The van der Waals surface area contributed by atoms with Gasteiger partial charge in [-0.2, -0.15) is 5.10 Å². The monoisotopic (exact) mass is 430 g/mol. The number of rotatable bonds is 11. The summed E-state index contributed by atoms with van der Waals surface area (Å²) in [5.74, 6) is 1.08. The number of benzene rings is 1. The van der Waals surface area contributed by atoms with Crippen molar-refractivity contribution in [3.05, 3.63) is 42.2 Å². The number of hydrogen-bond acceptors (Lipinski definition) is 6. The Balaban J connectivity index is 1.54. The number of aromatic nitrogens is 2. The Hall–Kier alpha value is -2.58. The lowest BCUT2D eigenvalue weighted by Crippen LogP contribution is -2.43. The first-order valence-electron chi connectivity index (χ1n) is 10.9. The fourth-order valence-electron chi connectivity index (χ4n) is 3.82. The molecule has 170 valence electrons. The van der Waals surface area contributed by atoms with E-state index in [1.54, 1.807) is 32.4 Å². The van der Waals surface area contributed by atoms with Gasteiger partial charge in [0.05, 0.1) is 19.3 Å². The Morgan fingerprint density at radius 2 is 2.10 bits per heavy atom. The van der Waals surface area contributed by atoms with Crippen molar-refractivity contribution in [2.75, 3.05) is 40.5 Å². The molecule has 1 aromatic carbocycles. The lowest BCUT2D eigenvalue weighted by Gasteiger charge is -2.36. The van der Waals surface area contributed by atoms with Crippen LogP contribution in [0.2, 0.25) is 0 Å². The van der Waals surface area contributed by atoms with Gasteiger partial charge in [-0.1, -0.05) is 0 Å². The van der Waals surface area contributed by atoms with E-state index in [4.69, 9.17) is 14.2 Å². The van der Waals surface area contributed by atoms with Crippen molar-refractivity contribution in [2.24, 2.45) is 0 Å². The van der Waals surface area contributed by atoms with E-state index in [9.17, 15) is 4.79 Å². The second-order valence-corrected chi connectivity index (χ2v) is 7.87. The number of carbonyl (C=O) groups excluding carboxylic acids is 1. The molecule has 3 rings (SSSR count). The average Bonchev–Trinajstić information content (AvgIpc) is 3.31. The van der Waals surface area contributed by atoms with Crippen LogP contribution in [-0.4, -0.2) is 73.2 Å². The van der Waals surface area contributed by atoms with Crippen molar-refractivity contribution >= 4 is 5.91 Å². The fraction of sp³-hybridized carbons (Fsp3) is 0.565. The summed E-state index contributed by atoms with van der Waals surface area (Å²) in [6.45, 7) is 6.07. The summed E-state index contributed by atoms with van der Waals surface area (Å²) in [5.41, 5.74) is 0.520. The maximum Gasteiger partial charge on any atom is 0.255 e. The van der Waals surface area contributed by atoms with Crippen molar-refractivity contribution in [3.8, 4) is 11.5 Å².